The fourth-order valence-corrected chi connectivity index (χ4v) is 3.94. The fourth-order valence-electron chi connectivity index (χ4n) is 3.94. The lowest BCUT2D eigenvalue weighted by Crippen LogP contribution is -2.35. The van der Waals surface area contributed by atoms with Crippen molar-refractivity contribution in [1.29, 1.82) is 0 Å². The first-order valence-corrected chi connectivity index (χ1v) is 7.94. The second-order valence-electron chi connectivity index (χ2n) is 6.22. The number of nitrogens with zero attached hydrogens (tertiary/aromatic N) is 3. The SMILES string of the molecule is Cc1nccnc1-c1cc2c3c(c1C)CCCN3CCC2. The van der Waals surface area contributed by atoms with E-state index < -0.39 is 0 Å². The number of benzene rings is 1. The molecule has 2 aromatic rings. The molecule has 4 rings (SSSR count). The predicted octanol–water partition coefficient (Wildman–Crippen LogP) is 3.46. The monoisotopic (exact) mass is 279 g/mol. The topological polar surface area (TPSA) is 29.0 Å². The summed E-state index contributed by atoms with van der Waals surface area (Å²) in [5.41, 5.74) is 9.38. The maximum Gasteiger partial charge on any atom is 0.0917 e. The molecule has 3 nitrogen and oxygen atoms in total. The van der Waals surface area contributed by atoms with Gasteiger partial charge in [0, 0.05) is 36.7 Å². The Morgan fingerprint density at radius 3 is 2.57 bits per heavy atom. The molecule has 0 radical (unpaired) electrons. The van der Waals surface area contributed by atoms with Crippen LogP contribution in [0.4, 0.5) is 5.69 Å². The van der Waals surface area contributed by atoms with Crippen molar-refractivity contribution in [2.24, 2.45) is 0 Å². The molecule has 0 aliphatic carbocycles. The molecule has 0 unspecified atom stereocenters. The van der Waals surface area contributed by atoms with Gasteiger partial charge in [-0.1, -0.05) is 0 Å². The normalized spacial score (nSPS) is 16.8. The fraction of sp³-hybridized carbons (Fsp3) is 0.444. The van der Waals surface area contributed by atoms with E-state index >= 15 is 0 Å². The van der Waals surface area contributed by atoms with Gasteiger partial charge in [-0.05, 0) is 62.3 Å². The van der Waals surface area contributed by atoms with Crippen LogP contribution in [0.15, 0.2) is 18.5 Å². The van der Waals surface area contributed by atoms with Gasteiger partial charge in [-0.3, -0.25) is 9.97 Å². The molecule has 108 valence electrons. The van der Waals surface area contributed by atoms with Crippen molar-refractivity contribution in [2.75, 3.05) is 18.0 Å². The van der Waals surface area contributed by atoms with Crippen LogP contribution in [-0.2, 0) is 12.8 Å². The summed E-state index contributed by atoms with van der Waals surface area (Å²) >= 11 is 0. The highest BCUT2D eigenvalue weighted by Crippen LogP contribution is 2.41. The Hall–Kier alpha value is -1.90. The van der Waals surface area contributed by atoms with Gasteiger partial charge in [0.1, 0.15) is 0 Å². The molecule has 0 atom stereocenters. The Balaban J connectivity index is 1.97. The molecular formula is C18H21N3. The van der Waals surface area contributed by atoms with Crippen molar-refractivity contribution < 1.29 is 0 Å². The maximum atomic E-state index is 4.59. The molecule has 0 saturated carbocycles. The number of aromatic nitrogens is 2. The van der Waals surface area contributed by atoms with Gasteiger partial charge in [-0.15, -0.1) is 0 Å². The van der Waals surface area contributed by atoms with Crippen LogP contribution < -0.4 is 4.90 Å². The number of aryl methyl sites for hydroxylation is 2. The first kappa shape index (κ1) is 12.8. The van der Waals surface area contributed by atoms with Crippen LogP contribution in [0, 0.1) is 13.8 Å². The van der Waals surface area contributed by atoms with Gasteiger partial charge in [0.2, 0.25) is 0 Å². The summed E-state index contributed by atoms with van der Waals surface area (Å²) in [4.78, 5) is 11.6. The van der Waals surface area contributed by atoms with E-state index in [0.717, 1.165) is 11.4 Å². The molecule has 0 N–H and O–H groups in total. The lowest BCUT2D eigenvalue weighted by molar-refractivity contribution is 0.632. The lowest BCUT2D eigenvalue weighted by atomic mass is 9.85. The Kier molecular flexibility index (Phi) is 2.95. The second-order valence-corrected chi connectivity index (χ2v) is 6.22. The molecule has 3 heterocycles. The predicted molar refractivity (Wildman–Crippen MR) is 85.8 cm³/mol. The van der Waals surface area contributed by atoms with Gasteiger partial charge in [0.25, 0.3) is 0 Å². The van der Waals surface area contributed by atoms with E-state index in [1.54, 1.807) is 18.0 Å². The van der Waals surface area contributed by atoms with Crippen molar-refractivity contribution >= 4 is 5.69 Å². The number of hydrogen-bond donors (Lipinski definition) is 0. The Labute approximate surface area is 126 Å². The van der Waals surface area contributed by atoms with Gasteiger partial charge in [0.15, 0.2) is 0 Å². The average molecular weight is 279 g/mol. The smallest absolute Gasteiger partial charge is 0.0917 e. The van der Waals surface area contributed by atoms with Gasteiger partial charge < -0.3 is 4.90 Å². The van der Waals surface area contributed by atoms with E-state index in [2.05, 4.69) is 34.8 Å². The standard InChI is InChI=1S/C18H21N3/c1-12-15-6-4-10-21-9-3-5-14(18(15)21)11-16(12)17-13(2)19-7-8-20-17/h7-8,11H,3-6,9-10H2,1-2H3. The highest BCUT2D eigenvalue weighted by molar-refractivity contribution is 5.76. The van der Waals surface area contributed by atoms with Crippen LogP contribution in [0.5, 0.6) is 0 Å². The van der Waals surface area contributed by atoms with Crippen LogP contribution in [0.2, 0.25) is 0 Å². The van der Waals surface area contributed by atoms with E-state index in [1.165, 1.54) is 61.2 Å². The van der Waals surface area contributed by atoms with Gasteiger partial charge in [-0.2, -0.15) is 0 Å². The second kappa shape index (κ2) is 4.83. The van der Waals surface area contributed by atoms with Crippen LogP contribution in [0.3, 0.4) is 0 Å². The molecule has 2 aliphatic rings. The van der Waals surface area contributed by atoms with Gasteiger partial charge >= 0.3 is 0 Å². The third-order valence-electron chi connectivity index (χ3n) is 4.95. The molecular weight excluding hydrogens is 258 g/mol. The summed E-state index contributed by atoms with van der Waals surface area (Å²) in [5.74, 6) is 0. The van der Waals surface area contributed by atoms with Crippen LogP contribution in [0.1, 0.15) is 35.2 Å². The summed E-state index contributed by atoms with van der Waals surface area (Å²) in [6, 6.07) is 2.38. The number of rotatable bonds is 1. The number of anilines is 1. The molecule has 2 aliphatic heterocycles. The largest absolute Gasteiger partial charge is 0.371 e. The van der Waals surface area contributed by atoms with Crippen LogP contribution in [-0.4, -0.2) is 23.1 Å². The minimum Gasteiger partial charge on any atom is -0.371 e. The zero-order valence-corrected chi connectivity index (χ0v) is 12.8. The highest BCUT2D eigenvalue weighted by Gasteiger charge is 2.27. The van der Waals surface area contributed by atoms with Crippen LogP contribution in [0.25, 0.3) is 11.3 Å². The molecule has 21 heavy (non-hydrogen) atoms. The van der Waals surface area contributed by atoms with Crippen molar-refractivity contribution in [3.05, 3.63) is 40.8 Å². The molecule has 0 amide bonds. The molecule has 0 bridgehead atoms. The average Bonchev–Trinajstić information content (AvgIpc) is 2.52. The Morgan fingerprint density at radius 2 is 1.76 bits per heavy atom. The van der Waals surface area contributed by atoms with Crippen LogP contribution >= 0.6 is 0 Å². The molecule has 3 heteroatoms. The van der Waals surface area contributed by atoms with E-state index in [1.807, 2.05) is 0 Å². The molecule has 0 saturated heterocycles. The summed E-state index contributed by atoms with van der Waals surface area (Å²) in [6.45, 7) is 6.77. The van der Waals surface area contributed by atoms with Crippen molar-refractivity contribution in [3.8, 4) is 11.3 Å². The van der Waals surface area contributed by atoms with E-state index in [9.17, 15) is 0 Å². The summed E-state index contributed by atoms with van der Waals surface area (Å²) in [5, 5.41) is 0. The summed E-state index contributed by atoms with van der Waals surface area (Å²) < 4.78 is 0. The van der Waals surface area contributed by atoms with E-state index in [-0.39, 0.29) is 0 Å². The van der Waals surface area contributed by atoms with E-state index in [4.69, 9.17) is 0 Å². The molecule has 0 fully saturated rings. The third kappa shape index (κ3) is 1.95. The molecule has 0 spiro atoms. The van der Waals surface area contributed by atoms with E-state index in [0.29, 0.717) is 0 Å². The van der Waals surface area contributed by atoms with Gasteiger partial charge in [-0.25, -0.2) is 0 Å². The number of hydrogen-bond acceptors (Lipinski definition) is 3. The summed E-state index contributed by atoms with van der Waals surface area (Å²) in [6.07, 6.45) is 8.53. The van der Waals surface area contributed by atoms with Crippen molar-refractivity contribution in [1.82, 2.24) is 9.97 Å². The highest BCUT2D eigenvalue weighted by atomic mass is 15.1. The first-order chi connectivity index (χ1) is 10.3. The zero-order chi connectivity index (χ0) is 14.4. The maximum absolute atomic E-state index is 4.59. The minimum absolute atomic E-state index is 1.02. The zero-order valence-electron chi connectivity index (χ0n) is 12.8. The molecule has 1 aromatic carbocycles. The van der Waals surface area contributed by atoms with Crippen molar-refractivity contribution in [2.45, 2.75) is 39.5 Å². The summed E-state index contributed by atoms with van der Waals surface area (Å²) in [7, 11) is 0. The Morgan fingerprint density at radius 1 is 1.00 bits per heavy atom. The quantitative estimate of drug-likeness (QED) is 0.800. The lowest BCUT2D eigenvalue weighted by Gasteiger charge is -2.38. The molecule has 1 aromatic heterocycles. The first-order valence-electron chi connectivity index (χ1n) is 7.94. The third-order valence-corrected chi connectivity index (χ3v) is 4.95. The Bertz CT molecular complexity index is 704. The van der Waals surface area contributed by atoms with Gasteiger partial charge in [0.05, 0.1) is 11.4 Å². The van der Waals surface area contributed by atoms with Crippen molar-refractivity contribution in [3.63, 3.8) is 0 Å². The minimum atomic E-state index is 1.02.